The second kappa shape index (κ2) is 10.2. The minimum Gasteiger partial charge on any atom is -0.478 e. The molecule has 2 heterocycles. The molecule has 1 amide bonds. The van der Waals surface area contributed by atoms with Crippen LogP contribution in [0.4, 0.5) is 0 Å². The SMILES string of the molecule is C[C@H](NC(=O)c1cc(-c2ccsc2)cc2ccn(Cc3ccc4ccccc4c3)c12)c1ccc(C(=O)O)cc1. The highest BCUT2D eigenvalue weighted by atomic mass is 32.1. The summed E-state index contributed by atoms with van der Waals surface area (Å²) in [4.78, 5) is 25.0. The van der Waals surface area contributed by atoms with Gasteiger partial charge in [-0.2, -0.15) is 11.3 Å². The van der Waals surface area contributed by atoms with Crippen molar-refractivity contribution in [1.82, 2.24) is 9.88 Å². The number of amides is 1. The van der Waals surface area contributed by atoms with E-state index in [-0.39, 0.29) is 17.5 Å². The molecule has 0 saturated heterocycles. The van der Waals surface area contributed by atoms with Gasteiger partial charge in [0.15, 0.2) is 0 Å². The van der Waals surface area contributed by atoms with E-state index in [1.165, 1.54) is 10.8 Å². The summed E-state index contributed by atoms with van der Waals surface area (Å²) in [7, 11) is 0. The lowest BCUT2D eigenvalue weighted by molar-refractivity contribution is 0.0696. The van der Waals surface area contributed by atoms with Gasteiger partial charge in [0.25, 0.3) is 5.91 Å². The van der Waals surface area contributed by atoms with E-state index in [9.17, 15) is 14.7 Å². The molecular formula is C33H26N2O3S. The fourth-order valence-electron chi connectivity index (χ4n) is 5.06. The first kappa shape index (κ1) is 24.6. The van der Waals surface area contributed by atoms with Gasteiger partial charge < -0.3 is 15.0 Å². The minimum absolute atomic E-state index is 0.176. The maximum Gasteiger partial charge on any atom is 0.335 e. The summed E-state index contributed by atoms with van der Waals surface area (Å²) >= 11 is 1.63. The molecule has 2 aromatic heterocycles. The maximum absolute atomic E-state index is 13.8. The van der Waals surface area contributed by atoms with Crippen LogP contribution in [-0.2, 0) is 6.54 Å². The van der Waals surface area contributed by atoms with E-state index in [2.05, 4.69) is 63.8 Å². The fourth-order valence-corrected chi connectivity index (χ4v) is 5.72. The number of rotatable bonds is 7. The lowest BCUT2D eigenvalue weighted by Gasteiger charge is -2.17. The monoisotopic (exact) mass is 530 g/mol. The van der Waals surface area contributed by atoms with Crippen LogP contribution in [0.15, 0.2) is 108 Å². The van der Waals surface area contributed by atoms with Gasteiger partial charge in [-0.3, -0.25) is 4.79 Å². The van der Waals surface area contributed by atoms with Gasteiger partial charge in [0.1, 0.15) is 0 Å². The molecule has 0 aliphatic carbocycles. The predicted molar refractivity (Wildman–Crippen MR) is 158 cm³/mol. The van der Waals surface area contributed by atoms with E-state index in [1.54, 1.807) is 35.6 Å². The van der Waals surface area contributed by atoms with Crippen molar-refractivity contribution in [3.05, 3.63) is 130 Å². The summed E-state index contributed by atoms with van der Waals surface area (Å²) in [5.41, 5.74) is 5.78. The average molecular weight is 531 g/mol. The van der Waals surface area contributed by atoms with Gasteiger partial charge in [-0.25, -0.2) is 4.79 Å². The molecule has 0 aliphatic rings. The van der Waals surface area contributed by atoms with Crippen molar-refractivity contribution in [2.45, 2.75) is 19.5 Å². The van der Waals surface area contributed by atoms with Crippen molar-refractivity contribution < 1.29 is 14.7 Å². The Morgan fingerprint density at radius 3 is 2.41 bits per heavy atom. The van der Waals surface area contributed by atoms with Gasteiger partial charge in [0, 0.05) is 18.1 Å². The minimum atomic E-state index is -0.974. The summed E-state index contributed by atoms with van der Waals surface area (Å²) in [6, 6.07) is 29.3. The number of benzene rings is 4. The molecule has 5 nitrogen and oxygen atoms in total. The highest BCUT2D eigenvalue weighted by Gasteiger charge is 2.19. The first-order valence-corrected chi connectivity index (χ1v) is 13.7. The Morgan fingerprint density at radius 2 is 1.67 bits per heavy atom. The van der Waals surface area contributed by atoms with Gasteiger partial charge in [0.05, 0.1) is 22.7 Å². The molecule has 0 saturated carbocycles. The van der Waals surface area contributed by atoms with Crippen LogP contribution in [0.2, 0.25) is 0 Å². The first-order valence-electron chi connectivity index (χ1n) is 12.7. The third-order valence-electron chi connectivity index (χ3n) is 7.13. The third-order valence-corrected chi connectivity index (χ3v) is 7.82. The molecule has 0 fully saturated rings. The maximum atomic E-state index is 13.8. The molecular weight excluding hydrogens is 504 g/mol. The van der Waals surface area contributed by atoms with Crippen LogP contribution in [0.3, 0.4) is 0 Å². The van der Waals surface area contributed by atoms with Gasteiger partial charge in [0.2, 0.25) is 0 Å². The van der Waals surface area contributed by atoms with Crippen LogP contribution in [-0.4, -0.2) is 21.6 Å². The summed E-state index contributed by atoms with van der Waals surface area (Å²) in [5, 5.41) is 19.8. The molecule has 39 heavy (non-hydrogen) atoms. The van der Waals surface area contributed by atoms with Crippen LogP contribution >= 0.6 is 11.3 Å². The zero-order valence-corrected chi connectivity index (χ0v) is 22.1. The second-order valence-electron chi connectivity index (χ2n) is 9.72. The molecule has 2 N–H and O–H groups in total. The molecule has 1 atom stereocenters. The quantitative estimate of drug-likeness (QED) is 0.222. The number of carbonyl (C=O) groups excluding carboxylic acids is 1. The number of fused-ring (bicyclic) bond motifs is 2. The normalized spacial score (nSPS) is 12.0. The van der Waals surface area contributed by atoms with Crippen molar-refractivity contribution >= 4 is 44.9 Å². The zero-order valence-electron chi connectivity index (χ0n) is 21.3. The number of hydrogen-bond donors (Lipinski definition) is 2. The van der Waals surface area contributed by atoms with Gasteiger partial charge in [-0.05, 0) is 93.2 Å². The van der Waals surface area contributed by atoms with Crippen molar-refractivity contribution in [1.29, 1.82) is 0 Å². The molecule has 0 spiro atoms. The number of aromatic nitrogens is 1. The fraction of sp³-hybridized carbons (Fsp3) is 0.0909. The van der Waals surface area contributed by atoms with Crippen LogP contribution in [0, 0.1) is 0 Å². The zero-order chi connectivity index (χ0) is 26.9. The van der Waals surface area contributed by atoms with E-state index in [0.29, 0.717) is 12.1 Å². The molecule has 0 radical (unpaired) electrons. The first-order chi connectivity index (χ1) is 19.0. The highest BCUT2D eigenvalue weighted by molar-refractivity contribution is 7.08. The Bertz CT molecular complexity index is 1820. The number of nitrogens with one attached hydrogen (secondary N) is 1. The Morgan fingerprint density at radius 1 is 0.872 bits per heavy atom. The Kier molecular flexibility index (Phi) is 6.47. The number of nitrogens with zero attached hydrogens (tertiary/aromatic N) is 1. The lowest BCUT2D eigenvalue weighted by atomic mass is 10.0. The summed E-state index contributed by atoms with van der Waals surface area (Å²) < 4.78 is 2.14. The predicted octanol–water partition coefficient (Wildman–Crippen LogP) is 7.76. The standard InChI is InChI=1S/C33H26N2O3S/c1-21(23-8-10-25(11-9-23)33(37)38)34-32(36)30-18-29(28-13-15-39-20-28)17-27-12-14-35(31(27)30)19-22-6-7-24-4-2-3-5-26(24)16-22/h2-18,20-21H,19H2,1H3,(H,34,36)(H,37,38)/t21-/m0/s1. The largest absolute Gasteiger partial charge is 0.478 e. The number of carboxylic acids is 1. The highest BCUT2D eigenvalue weighted by Crippen LogP contribution is 2.31. The molecule has 6 heteroatoms. The molecule has 0 unspecified atom stereocenters. The molecule has 192 valence electrons. The molecule has 6 aromatic rings. The Hall–Kier alpha value is -4.68. The Labute approximate surface area is 230 Å². The van der Waals surface area contributed by atoms with E-state index >= 15 is 0 Å². The van der Waals surface area contributed by atoms with Crippen LogP contribution < -0.4 is 5.32 Å². The van der Waals surface area contributed by atoms with E-state index < -0.39 is 5.97 Å². The smallest absolute Gasteiger partial charge is 0.335 e. The molecule has 4 aromatic carbocycles. The lowest BCUT2D eigenvalue weighted by Crippen LogP contribution is -2.27. The van der Waals surface area contributed by atoms with E-state index in [1.807, 2.05) is 36.7 Å². The summed E-state index contributed by atoms with van der Waals surface area (Å²) in [6.07, 6.45) is 2.04. The van der Waals surface area contributed by atoms with Crippen molar-refractivity contribution in [3.8, 4) is 11.1 Å². The van der Waals surface area contributed by atoms with Crippen molar-refractivity contribution in [3.63, 3.8) is 0 Å². The molecule has 6 rings (SSSR count). The van der Waals surface area contributed by atoms with Gasteiger partial charge in [-0.1, -0.05) is 48.5 Å². The van der Waals surface area contributed by atoms with Crippen molar-refractivity contribution in [2.24, 2.45) is 0 Å². The van der Waals surface area contributed by atoms with Crippen LogP contribution in [0.25, 0.3) is 32.8 Å². The van der Waals surface area contributed by atoms with Gasteiger partial charge in [-0.15, -0.1) is 0 Å². The van der Waals surface area contributed by atoms with E-state index in [0.717, 1.165) is 33.2 Å². The topological polar surface area (TPSA) is 71.3 Å². The number of carbonyl (C=O) groups is 2. The number of hydrogen-bond acceptors (Lipinski definition) is 3. The van der Waals surface area contributed by atoms with Crippen LogP contribution in [0.1, 0.15) is 44.8 Å². The van der Waals surface area contributed by atoms with Gasteiger partial charge >= 0.3 is 5.97 Å². The summed E-state index contributed by atoms with van der Waals surface area (Å²) in [5.74, 6) is -1.15. The van der Waals surface area contributed by atoms with Crippen LogP contribution in [0.5, 0.6) is 0 Å². The third kappa shape index (κ3) is 4.94. The molecule has 0 bridgehead atoms. The second-order valence-corrected chi connectivity index (χ2v) is 10.5. The van der Waals surface area contributed by atoms with E-state index in [4.69, 9.17) is 0 Å². The Balaban J connectivity index is 1.38. The number of thiophene rings is 1. The molecule has 0 aliphatic heterocycles. The van der Waals surface area contributed by atoms with Crippen molar-refractivity contribution in [2.75, 3.05) is 0 Å². The number of aromatic carboxylic acids is 1. The summed E-state index contributed by atoms with van der Waals surface area (Å²) in [6.45, 7) is 2.54. The number of carboxylic acid groups (broad SMARTS) is 1. The average Bonchev–Trinajstić information content (AvgIpc) is 3.63.